The van der Waals surface area contributed by atoms with Crippen molar-refractivity contribution in [3.63, 3.8) is 0 Å². The normalized spacial score (nSPS) is 16.1. The molecule has 4 heteroatoms. The van der Waals surface area contributed by atoms with Gasteiger partial charge in [0.25, 0.3) is 5.97 Å². The van der Waals surface area contributed by atoms with Gasteiger partial charge in [0.1, 0.15) is 0 Å². The van der Waals surface area contributed by atoms with Crippen molar-refractivity contribution in [1.29, 1.82) is 0 Å². The third kappa shape index (κ3) is 11.1. The molecule has 9 heavy (non-hydrogen) atoms. The fourth-order valence-electron chi connectivity index (χ4n) is 0.295. The van der Waals surface area contributed by atoms with Gasteiger partial charge in [-0.1, -0.05) is 0 Å². The van der Waals surface area contributed by atoms with E-state index in [0.717, 1.165) is 26.6 Å². The van der Waals surface area contributed by atoms with Gasteiger partial charge in [0.2, 0.25) is 0 Å². The Bertz CT molecular complexity index is 65.4. The lowest BCUT2D eigenvalue weighted by Gasteiger charge is -1.77. The van der Waals surface area contributed by atoms with Gasteiger partial charge in [0, 0.05) is 13.3 Å². The van der Waals surface area contributed by atoms with Gasteiger partial charge in [-0.05, 0) is 0 Å². The van der Waals surface area contributed by atoms with Gasteiger partial charge in [-0.25, -0.2) is 9.78 Å². The zero-order valence-electron chi connectivity index (χ0n) is 5.29. The van der Waals surface area contributed by atoms with E-state index >= 15 is 0 Å². The van der Waals surface area contributed by atoms with E-state index in [-0.39, 0.29) is 0 Å². The van der Waals surface area contributed by atoms with Crippen LogP contribution < -0.4 is 0 Å². The molecular weight excluding hydrogens is 124 g/mol. The van der Waals surface area contributed by atoms with Crippen LogP contribution in [0, 0.1) is 0 Å². The van der Waals surface area contributed by atoms with Crippen LogP contribution in [0.3, 0.4) is 0 Å². The molecule has 0 unspecified atom stereocenters. The van der Waals surface area contributed by atoms with Gasteiger partial charge >= 0.3 is 0 Å². The Labute approximate surface area is 53.3 Å². The van der Waals surface area contributed by atoms with E-state index in [0.29, 0.717) is 0 Å². The van der Waals surface area contributed by atoms with Crippen LogP contribution in [-0.4, -0.2) is 24.3 Å². The van der Waals surface area contributed by atoms with Gasteiger partial charge in [0.15, 0.2) is 0 Å². The highest BCUT2D eigenvalue weighted by molar-refractivity contribution is 5.62. The predicted octanol–water partition coefficient (Wildman–Crippen LogP) is 0.429. The maximum absolute atomic E-state index is 9.00. The van der Waals surface area contributed by atoms with Crippen LogP contribution in [0.4, 0.5) is 0 Å². The summed E-state index contributed by atoms with van der Waals surface area (Å²) in [6.45, 7) is 2.64. The standard InChI is InChI=1S/C3H6O2.C2H4O2/c1-2-4-5-3-1;1-2(3)4/h1-3H2;1H3,(H,3,4). The highest BCUT2D eigenvalue weighted by Gasteiger charge is 1.95. The number of hydrogen-bond donors (Lipinski definition) is 1. The van der Waals surface area contributed by atoms with Crippen LogP contribution in [0.2, 0.25) is 0 Å². The molecular formula is C5H10O4. The van der Waals surface area contributed by atoms with Crippen molar-refractivity contribution in [2.45, 2.75) is 13.3 Å². The summed E-state index contributed by atoms with van der Waals surface area (Å²) in [4.78, 5) is 17.9. The van der Waals surface area contributed by atoms with Crippen molar-refractivity contribution in [1.82, 2.24) is 0 Å². The molecule has 4 nitrogen and oxygen atoms in total. The molecule has 0 aromatic heterocycles. The first-order valence-electron chi connectivity index (χ1n) is 2.67. The first kappa shape index (κ1) is 8.39. The average molecular weight is 134 g/mol. The summed E-state index contributed by atoms with van der Waals surface area (Å²) >= 11 is 0. The second kappa shape index (κ2) is 5.53. The molecule has 54 valence electrons. The lowest BCUT2D eigenvalue weighted by Crippen LogP contribution is -1.78. The van der Waals surface area contributed by atoms with E-state index in [1.54, 1.807) is 0 Å². The summed E-state index contributed by atoms with van der Waals surface area (Å²) in [5.41, 5.74) is 0. The molecule has 0 bridgehead atoms. The Morgan fingerprint density at radius 2 is 1.78 bits per heavy atom. The van der Waals surface area contributed by atoms with Crippen LogP contribution in [-0.2, 0) is 14.6 Å². The molecule has 1 aliphatic rings. The number of carbonyl (C=O) groups is 1. The third-order valence-corrected chi connectivity index (χ3v) is 0.539. The Morgan fingerprint density at radius 3 is 1.89 bits per heavy atom. The minimum Gasteiger partial charge on any atom is -0.481 e. The molecule has 0 aliphatic carbocycles. The van der Waals surface area contributed by atoms with Crippen LogP contribution in [0.5, 0.6) is 0 Å². The third-order valence-electron chi connectivity index (χ3n) is 0.539. The molecule has 0 aromatic carbocycles. The zero-order valence-corrected chi connectivity index (χ0v) is 5.29. The van der Waals surface area contributed by atoms with Crippen molar-refractivity contribution < 1.29 is 19.7 Å². The number of carboxylic acids is 1. The van der Waals surface area contributed by atoms with E-state index < -0.39 is 5.97 Å². The maximum Gasteiger partial charge on any atom is 0.300 e. The summed E-state index contributed by atoms with van der Waals surface area (Å²) in [7, 11) is 0. The monoisotopic (exact) mass is 134 g/mol. The Morgan fingerprint density at radius 1 is 1.44 bits per heavy atom. The topological polar surface area (TPSA) is 55.8 Å². The molecule has 1 heterocycles. The zero-order chi connectivity index (χ0) is 7.11. The fourth-order valence-corrected chi connectivity index (χ4v) is 0.295. The summed E-state index contributed by atoms with van der Waals surface area (Å²) in [6.07, 6.45) is 1.06. The van der Waals surface area contributed by atoms with Gasteiger partial charge in [-0.3, -0.25) is 4.79 Å². The van der Waals surface area contributed by atoms with Crippen LogP contribution >= 0.6 is 0 Å². The van der Waals surface area contributed by atoms with Gasteiger partial charge < -0.3 is 5.11 Å². The van der Waals surface area contributed by atoms with E-state index in [1.165, 1.54) is 0 Å². The second-order valence-corrected chi connectivity index (χ2v) is 1.52. The maximum atomic E-state index is 9.00. The SMILES string of the molecule is C1COOC1.CC(=O)O. The summed E-state index contributed by atoms with van der Waals surface area (Å²) in [5, 5.41) is 7.42. The van der Waals surface area contributed by atoms with Crippen molar-refractivity contribution in [3.8, 4) is 0 Å². The first-order chi connectivity index (χ1) is 4.23. The molecule has 0 saturated carbocycles. The number of aliphatic carboxylic acids is 1. The van der Waals surface area contributed by atoms with E-state index in [1.807, 2.05) is 0 Å². The molecule has 0 aromatic rings. The molecule has 1 saturated heterocycles. The van der Waals surface area contributed by atoms with E-state index in [4.69, 9.17) is 9.90 Å². The molecule has 0 radical (unpaired) electrons. The van der Waals surface area contributed by atoms with Gasteiger partial charge in [-0.15, -0.1) is 0 Å². The van der Waals surface area contributed by atoms with Gasteiger partial charge in [0.05, 0.1) is 13.2 Å². The molecule has 1 rings (SSSR count). The Kier molecular flexibility index (Phi) is 5.15. The summed E-state index contributed by atoms with van der Waals surface area (Å²) in [6, 6.07) is 0. The van der Waals surface area contributed by atoms with E-state index in [9.17, 15) is 0 Å². The lowest BCUT2D eigenvalue weighted by atomic mass is 10.5. The molecule has 1 fully saturated rings. The van der Waals surface area contributed by atoms with Crippen LogP contribution in [0.25, 0.3) is 0 Å². The molecule has 0 atom stereocenters. The number of carboxylic acid groups (broad SMARTS) is 1. The Hall–Kier alpha value is -0.610. The molecule has 0 amide bonds. The smallest absolute Gasteiger partial charge is 0.300 e. The predicted molar refractivity (Wildman–Crippen MR) is 29.8 cm³/mol. The van der Waals surface area contributed by atoms with Crippen molar-refractivity contribution >= 4 is 5.97 Å². The lowest BCUT2D eigenvalue weighted by molar-refractivity contribution is -0.248. The highest BCUT2D eigenvalue weighted by atomic mass is 17.2. The fraction of sp³-hybridized carbons (Fsp3) is 0.800. The van der Waals surface area contributed by atoms with Gasteiger partial charge in [-0.2, -0.15) is 0 Å². The highest BCUT2D eigenvalue weighted by Crippen LogP contribution is 1.93. The molecule has 0 spiro atoms. The largest absolute Gasteiger partial charge is 0.481 e. The quantitative estimate of drug-likeness (QED) is 0.488. The minimum atomic E-state index is -0.833. The summed E-state index contributed by atoms with van der Waals surface area (Å²) < 4.78 is 0. The van der Waals surface area contributed by atoms with Crippen molar-refractivity contribution in [2.24, 2.45) is 0 Å². The summed E-state index contributed by atoms with van der Waals surface area (Å²) in [5.74, 6) is -0.833. The van der Waals surface area contributed by atoms with Crippen LogP contribution in [0.1, 0.15) is 13.3 Å². The van der Waals surface area contributed by atoms with Crippen molar-refractivity contribution in [3.05, 3.63) is 0 Å². The second-order valence-electron chi connectivity index (χ2n) is 1.52. The molecule has 1 aliphatic heterocycles. The minimum absolute atomic E-state index is 0.778. The average Bonchev–Trinajstić information content (AvgIpc) is 2.11. The first-order valence-corrected chi connectivity index (χ1v) is 2.67. The number of rotatable bonds is 0. The number of hydrogen-bond acceptors (Lipinski definition) is 3. The Balaban J connectivity index is 0.000000148. The van der Waals surface area contributed by atoms with Crippen molar-refractivity contribution in [2.75, 3.05) is 13.2 Å². The van der Waals surface area contributed by atoms with E-state index in [2.05, 4.69) is 9.78 Å². The van der Waals surface area contributed by atoms with Crippen LogP contribution in [0.15, 0.2) is 0 Å². The molecule has 1 N–H and O–H groups in total.